The first-order chi connectivity index (χ1) is 16.7. The predicted octanol–water partition coefficient (Wildman–Crippen LogP) is 2.54. The summed E-state index contributed by atoms with van der Waals surface area (Å²) in [6.07, 6.45) is 1.71. The molecule has 1 aromatic heterocycles. The molecule has 1 aromatic carbocycles. The molecule has 9 nitrogen and oxygen atoms in total. The summed E-state index contributed by atoms with van der Waals surface area (Å²) >= 11 is 0. The Morgan fingerprint density at radius 1 is 1.26 bits per heavy atom. The number of nitrogens with zero attached hydrogens (tertiary/aromatic N) is 5. The van der Waals surface area contributed by atoms with E-state index in [-0.39, 0.29) is 24.1 Å². The lowest BCUT2D eigenvalue weighted by Gasteiger charge is -2.37. The average molecular weight is 488 g/mol. The molecule has 1 unspecified atom stereocenters. The number of ether oxygens (including phenoxy) is 1. The number of halogens is 2. The number of nitrogens with one attached hydrogen (secondary N) is 2. The van der Waals surface area contributed by atoms with Crippen molar-refractivity contribution in [1.29, 1.82) is 0 Å². The Morgan fingerprint density at radius 3 is 2.74 bits per heavy atom. The Labute approximate surface area is 203 Å². The molecule has 1 amide bonds. The van der Waals surface area contributed by atoms with Crippen molar-refractivity contribution in [3.8, 4) is 5.75 Å². The maximum absolute atomic E-state index is 13.3. The van der Waals surface area contributed by atoms with Gasteiger partial charge in [0.05, 0.1) is 36.7 Å². The topological polar surface area (TPSA) is 87.0 Å². The first-order valence-corrected chi connectivity index (χ1v) is 11.9. The maximum atomic E-state index is 13.3. The van der Waals surface area contributed by atoms with Gasteiger partial charge >= 0.3 is 0 Å². The SMILES string of the molecule is CNC1C=Nc2c(C(=O)Nc3cc4c(cc3N3CCN(CC(F)F)CC3)OC(C)(C)C4)cnn2C1. The molecule has 2 N–H and O–H groups in total. The minimum absolute atomic E-state index is 0.0636. The Hall–Kier alpha value is -3.05. The van der Waals surface area contributed by atoms with Gasteiger partial charge in [-0.05, 0) is 27.0 Å². The number of hydrogen-bond acceptors (Lipinski definition) is 7. The third-order valence-electron chi connectivity index (χ3n) is 6.71. The van der Waals surface area contributed by atoms with Gasteiger partial charge in [-0.2, -0.15) is 5.10 Å². The van der Waals surface area contributed by atoms with Crippen LogP contribution >= 0.6 is 0 Å². The van der Waals surface area contributed by atoms with Crippen molar-refractivity contribution < 1.29 is 18.3 Å². The third kappa shape index (κ3) is 4.87. The van der Waals surface area contributed by atoms with Gasteiger partial charge in [-0.3, -0.25) is 9.69 Å². The number of amides is 1. The van der Waals surface area contributed by atoms with E-state index in [9.17, 15) is 13.6 Å². The highest BCUT2D eigenvalue weighted by Crippen LogP contribution is 2.42. The van der Waals surface area contributed by atoms with E-state index < -0.39 is 6.43 Å². The number of likely N-dealkylation sites (N-methyl/N-ethyl adjacent to an activating group) is 1. The summed E-state index contributed by atoms with van der Waals surface area (Å²) in [6.45, 7) is 6.65. The van der Waals surface area contributed by atoms with Gasteiger partial charge in [0, 0.05) is 50.4 Å². The average Bonchev–Trinajstić information content (AvgIpc) is 3.37. The number of piperazine rings is 1. The van der Waals surface area contributed by atoms with Crippen LogP contribution in [0, 0.1) is 0 Å². The summed E-state index contributed by atoms with van der Waals surface area (Å²) in [5, 5.41) is 10.6. The Kier molecular flexibility index (Phi) is 6.22. The summed E-state index contributed by atoms with van der Waals surface area (Å²) in [6, 6.07) is 4.00. The molecule has 4 heterocycles. The fourth-order valence-electron chi connectivity index (χ4n) is 4.93. The highest BCUT2D eigenvalue weighted by Gasteiger charge is 2.33. The van der Waals surface area contributed by atoms with E-state index in [0.717, 1.165) is 23.4 Å². The van der Waals surface area contributed by atoms with Crippen LogP contribution < -0.4 is 20.3 Å². The van der Waals surface area contributed by atoms with Crippen molar-refractivity contribution in [2.24, 2.45) is 4.99 Å². The van der Waals surface area contributed by atoms with Crippen LogP contribution in [0.3, 0.4) is 0 Å². The summed E-state index contributed by atoms with van der Waals surface area (Å²) in [5.74, 6) is 1.03. The highest BCUT2D eigenvalue weighted by molar-refractivity contribution is 6.09. The van der Waals surface area contributed by atoms with E-state index in [4.69, 9.17) is 4.74 Å². The van der Waals surface area contributed by atoms with Crippen LogP contribution in [0.25, 0.3) is 0 Å². The molecule has 2 aromatic rings. The zero-order chi connectivity index (χ0) is 24.7. The molecule has 35 heavy (non-hydrogen) atoms. The smallest absolute Gasteiger partial charge is 0.261 e. The number of hydrogen-bond donors (Lipinski definition) is 2. The number of fused-ring (bicyclic) bond motifs is 2. The number of carbonyl (C=O) groups excluding carboxylic acids is 1. The van der Waals surface area contributed by atoms with Crippen LogP contribution in [-0.4, -0.2) is 84.6 Å². The molecule has 0 bridgehead atoms. The van der Waals surface area contributed by atoms with E-state index in [1.165, 1.54) is 0 Å². The van der Waals surface area contributed by atoms with Crippen molar-refractivity contribution in [2.75, 3.05) is 50.0 Å². The second-order valence-corrected chi connectivity index (χ2v) is 9.89. The van der Waals surface area contributed by atoms with Crippen LogP contribution in [0.2, 0.25) is 0 Å². The van der Waals surface area contributed by atoms with Crippen LogP contribution in [0.4, 0.5) is 26.0 Å². The minimum atomic E-state index is -2.35. The molecule has 3 aliphatic rings. The van der Waals surface area contributed by atoms with E-state index >= 15 is 0 Å². The molecule has 11 heteroatoms. The van der Waals surface area contributed by atoms with Crippen LogP contribution in [0.5, 0.6) is 5.75 Å². The summed E-state index contributed by atoms with van der Waals surface area (Å²) < 4.78 is 33.5. The Balaban J connectivity index is 1.41. The van der Waals surface area contributed by atoms with E-state index in [2.05, 4.69) is 25.6 Å². The largest absolute Gasteiger partial charge is 0.487 e. The number of aromatic nitrogens is 2. The first kappa shape index (κ1) is 23.7. The summed E-state index contributed by atoms with van der Waals surface area (Å²) in [4.78, 5) is 21.7. The maximum Gasteiger partial charge on any atom is 0.261 e. The van der Waals surface area contributed by atoms with E-state index in [1.54, 1.807) is 22.0 Å². The van der Waals surface area contributed by atoms with Crippen molar-refractivity contribution in [3.05, 3.63) is 29.5 Å². The van der Waals surface area contributed by atoms with Crippen molar-refractivity contribution >= 4 is 29.3 Å². The van der Waals surface area contributed by atoms with Gasteiger partial charge in [0.2, 0.25) is 0 Å². The number of aliphatic imine (C=N–C) groups is 1. The van der Waals surface area contributed by atoms with Gasteiger partial charge in [0.15, 0.2) is 5.82 Å². The van der Waals surface area contributed by atoms with Crippen molar-refractivity contribution in [2.45, 2.75) is 44.9 Å². The van der Waals surface area contributed by atoms with Gasteiger partial charge in [-0.25, -0.2) is 18.5 Å². The molecule has 0 radical (unpaired) electrons. The van der Waals surface area contributed by atoms with Crippen molar-refractivity contribution in [3.63, 3.8) is 0 Å². The molecule has 0 saturated carbocycles. The van der Waals surface area contributed by atoms with Gasteiger partial charge in [0.25, 0.3) is 12.3 Å². The summed E-state index contributed by atoms with van der Waals surface area (Å²) in [5.41, 5.74) is 2.59. The van der Waals surface area contributed by atoms with Gasteiger partial charge in [-0.1, -0.05) is 0 Å². The molecule has 1 saturated heterocycles. The minimum Gasteiger partial charge on any atom is -0.487 e. The summed E-state index contributed by atoms with van der Waals surface area (Å²) in [7, 11) is 1.85. The Morgan fingerprint density at radius 2 is 2.03 bits per heavy atom. The molecular weight excluding hydrogens is 456 g/mol. The first-order valence-electron chi connectivity index (χ1n) is 11.9. The fraction of sp³-hybridized carbons (Fsp3) is 0.542. The van der Waals surface area contributed by atoms with Crippen molar-refractivity contribution in [1.82, 2.24) is 20.0 Å². The van der Waals surface area contributed by atoms with E-state index in [1.807, 2.05) is 33.0 Å². The van der Waals surface area contributed by atoms with E-state index in [0.29, 0.717) is 49.8 Å². The number of rotatable bonds is 6. The van der Waals surface area contributed by atoms with Crippen LogP contribution in [-0.2, 0) is 13.0 Å². The lowest BCUT2D eigenvalue weighted by Crippen LogP contribution is -2.48. The van der Waals surface area contributed by atoms with Gasteiger partial charge in [0.1, 0.15) is 16.9 Å². The lowest BCUT2D eigenvalue weighted by molar-refractivity contribution is 0.0854. The predicted molar refractivity (Wildman–Crippen MR) is 131 cm³/mol. The molecular formula is C24H31F2N7O2. The molecule has 0 aliphatic carbocycles. The van der Waals surface area contributed by atoms with Crippen LogP contribution in [0.15, 0.2) is 23.3 Å². The number of alkyl halides is 2. The number of anilines is 2. The zero-order valence-electron chi connectivity index (χ0n) is 20.2. The quantitative estimate of drug-likeness (QED) is 0.651. The Bertz CT molecular complexity index is 1140. The molecule has 0 spiro atoms. The number of carbonyl (C=O) groups is 1. The molecule has 188 valence electrons. The zero-order valence-corrected chi connectivity index (χ0v) is 20.2. The second-order valence-electron chi connectivity index (χ2n) is 9.89. The monoisotopic (exact) mass is 487 g/mol. The number of benzene rings is 1. The molecule has 1 atom stereocenters. The molecule has 1 fully saturated rings. The standard InChI is InChI=1S/C24H31F2N7O2/c1-24(2)10-15-8-18(30-23(34)17-12-29-33-13-16(27-3)11-28-22(17)33)19(9-20(15)35-24)32-6-4-31(5-7-32)14-21(25)26/h8-9,11-12,16,21,27H,4-7,10,13-14H2,1-3H3,(H,30,34). The molecule has 5 rings (SSSR count). The van der Waals surface area contributed by atoms with Gasteiger partial charge < -0.3 is 20.3 Å². The van der Waals surface area contributed by atoms with Gasteiger partial charge in [-0.15, -0.1) is 0 Å². The van der Waals surface area contributed by atoms with Crippen LogP contribution in [0.1, 0.15) is 29.8 Å². The fourth-order valence-corrected chi connectivity index (χ4v) is 4.93. The second kappa shape index (κ2) is 9.19. The highest BCUT2D eigenvalue weighted by atomic mass is 19.3. The normalized spacial score (nSPS) is 21.1. The molecule has 3 aliphatic heterocycles. The lowest BCUT2D eigenvalue weighted by atomic mass is 10.0. The third-order valence-corrected chi connectivity index (χ3v) is 6.71.